The van der Waals surface area contributed by atoms with Gasteiger partial charge in [-0.25, -0.2) is 0 Å². The summed E-state index contributed by atoms with van der Waals surface area (Å²) in [5.74, 6) is 0.241. The zero-order valence-corrected chi connectivity index (χ0v) is 10.3. The Morgan fingerprint density at radius 2 is 1.94 bits per heavy atom. The van der Waals surface area contributed by atoms with E-state index in [0.29, 0.717) is 6.04 Å². The summed E-state index contributed by atoms with van der Waals surface area (Å²) in [6, 6.07) is 5.49. The van der Waals surface area contributed by atoms with E-state index >= 15 is 0 Å². The van der Waals surface area contributed by atoms with E-state index in [1.807, 2.05) is 0 Å². The van der Waals surface area contributed by atoms with E-state index in [4.69, 9.17) is 0 Å². The molecule has 0 radical (unpaired) electrons. The average Bonchev–Trinajstić information content (AvgIpc) is 2.26. The van der Waals surface area contributed by atoms with Gasteiger partial charge < -0.3 is 15.5 Å². The number of aromatic hydroxyl groups is 2. The third-order valence-corrected chi connectivity index (χ3v) is 3.36. The lowest BCUT2D eigenvalue weighted by Gasteiger charge is -2.36. The van der Waals surface area contributed by atoms with Crippen molar-refractivity contribution in [3.8, 4) is 11.5 Å². The van der Waals surface area contributed by atoms with Crippen LogP contribution in [0.4, 0.5) is 0 Å². The van der Waals surface area contributed by atoms with E-state index in [1.54, 1.807) is 12.1 Å². The molecule has 94 valence electrons. The molecule has 1 aliphatic heterocycles. The molecule has 3 N–H and O–H groups in total. The molecular formula is C13H20N2O2. The second kappa shape index (κ2) is 4.94. The number of hydrogen-bond donors (Lipinski definition) is 3. The summed E-state index contributed by atoms with van der Waals surface area (Å²) in [4.78, 5) is 2.36. The van der Waals surface area contributed by atoms with Crippen LogP contribution in [-0.2, 0) is 0 Å². The number of hydrogen-bond acceptors (Lipinski definition) is 4. The normalized spacial score (nSPS) is 23.5. The molecule has 0 aliphatic carbocycles. The number of rotatable bonds is 2. The van der Waals surface area contributed by atoms with Crippen LogP contribution in [0.1, 0.15) is 25.5 Å². The summed E-state index contributed by atoms with van der Waals surface area (Å²) >= 11 is 0. The van der Waals surface area contributed by atoms with Crippen molar-refractivity contribution < 1.29 is 10.2 Å². The standard InChI is InChI=1S/C13H20N2O2/c1-9-8-15(4-3-14-9)10(2)11-5-12(16)7-13(17)6-11/h5-7,9-10,14,16-17H,3-4,8H2,1-2H3. The van der Waals surface area contributed by atoms with Gasteiger partial charge in [0.2, 0.25) is 0 Å². The molecule has 2 unspecified atom stereocenters. The molecule has 1 saturated heterocycles. The van der Waals surface area contributed by atoms with E-state index in [1.165, 1.54) is 6.07 Å². The second-order valence-corrected chi connectivity index (χ2v) is 4.81. The third-order valence-electron chi connectivity index (χ3n) is 3.36. The summed E-state index contributed by atoms with van der Waals surface area (Å²) in [5, 5.41) is 22.4. The smallest absolute Gasteiger partial charge is 0.119 e. The molecule has 1 aromatic carbocycles. The second-order valence-electron chi connectivity index (χ2n) is 4.81. The maximum atomic E-state index is 9.50. The Kier molecular flexibility index (Phi) is 3.54. The predicted octanol–water partition coefficient (Wildman–Crippen LogP) is 1.45. The molecule has 1 heterocycles. The molecule has 1 fully saturated rings. The highest BCUT2D eigenvalue weighted by molar-refractivity contribution is 5.38. The summed E-state index contributed by atoms with van der Waals surface area (Å²) in [6.45, 7) is 7.22. The van der Waals surface area contributed by atoms with E-state index < -0.39 is 0 Å². The van der Waals surface area contributed by atoms with Crippen molar-refractivity contribution in [3.05, 3.63) is 23.8 Å². The highest BCUT2D eigenvalue weighted by atomic mass is 16.3. The van der Waals surface area contributed by atoms with Crippen LogP contribution in [0.25, 0.3) is 0 Å². The first-order valence-electron chi connectivity index (χ1n) is 6.06. The summed E-state index contributed by atoms with van der Waals surface area (Å²) in [7, 11) is 0. The molecule has 0 amide bonds. The average molecular weight is 236 g/mol. The molecule has 0 spiro atoms. The first kappa shape index (κ1) is 12.2. The SMILES string of the molecule is CC1CN(C(C)c2cc(O)cc(O)c2)CCN1. The lowest BCUT2D eigenvalue weighted by Crippen LogP contribution is -2.49. The van der Waals surface area contributed by atoms with Crippen molar-refractivity contribution in [3.63, 3.8) is 0 Å². The van der Waals surface area contributed by atoms with Crippen LogP contribution in [0, 0.1) is 0 Å². The number of nitrogens with zero attached hydrogens (tertiary/aromatic N) is 1. The van der Waals surface area contributed by atoms with Gasteiger partial charge in [-0.15, -0.1) is 0 Å². The molecule has 2 rings (SSSR count). The Bertz CT molecular complexity index is 375. The van der Waals surface area contributed by atoms with Crippen molar-refractivity contribution >= 4 is 0 Å². The molecule has 2 atom stereocenters. The van der Waals surface area contributed by atoms with Crippen molar-refractivity contribution in [2.45, 2.75) is 25.9 Å². The summed E-state index contributed by atoms with van der Waals surface area (Å²) < 4.78 is 0. The van der Waals surface area contributed by atoms with Crippen molar-refractivity contribution in [1.82, 2.24) is 10.2 Å². The van der Waals surface area contributed by atoms with Crippen molar-refractivity contribution in [1.29, 1.82) is 0 Å². The Balaban J connectivity index is 2.15. The molecule has 1 aromatic rings. The Labute approximate surface area is 102 Å². The highest BCUT2D eigenvalue weighted by Crippen LogP contribution is 2.28. The topological polar surface area (TPSA) is 55.7 Å². The maximum absolute atomic E-state index is 9.50. The molecule has 1 aliphatic rings. The number of nitrogens with one attached hydrogen (secondary N) is 1. The maximum Gasteiger partial charge on any atom is 0.119 e. The number of phenolic OH excluding ortho intramolecular Hbond substituents is 2. The van der Waals surface area contributed by atoms with Gasteiger partial charge in [0.15, 0.2) is 0 Å². The van der Waals surface area contributed by atoms with Gasteiger partial charge in [-0.1, -0.05) is 0 Å². The van der Waals surface area contributed by atoms with Crippen LogP contribution in [0.3, 0.4) is 0 Å². The number of piperazine rings is 1. The highest BCUT2D eigenvalue weighted by Gasteiger charge is 2.22. The molecule has 4 nitrogen and oxygen atoms in total. The van der Waals surface area contributed by atoms with E-state index in [0.717, 1.165) is 25.2 Å². The van der Waals surface area contributed by atoms with Gasteiger partial charge in [0.05, 0.1) is 0 Å². The van der Waals surface area contributed by atoms with Crippen LogP contribution in [0.2, 0.25) is 0 Å². The lowest BCUT2D eigenvalue weighted by atomic mass is 10.0. The minimum atomic E-state index is 0.120. The Morgan fingerprint density at radius 1 is 1.29 bits per heavy atom. The summed E-state index contributed by atoms with van der Waals surface area (Å²) in [5.41, 5.74) is 0.955. The molecule has 0 bridgehead atoms. The van der Waals surface area contributed by atoms with Gasteiger partial charge in [-0.05, 0) is 31.5 Å². The van der Waals surface area contributed by atoms with E-state index in [9.17, 15) is 10.2 Å². The Hall–Kier alpha value is -1.26. The molecule has 17 heavy (non-hydrogen) atoms. The zero-order chi connectivity index (χ0) is 12.4. The Morgan fingerprint density at radius 3 is 2.53 bits per heavy atom. The molecule has 0 saturated carbocycles. The van der Waals surface area contributed by atoms with Gasteiger partial charge in [-0.2, -0.15) is 0 Å². The van der Waals surface area contributed by atoms with Gasteiger partial charge >= 0.3 is 0 Å². The first-order chi connectivity index (χ1) is 8.06. The fourth-order valence-electron chi connectivity index (χ4n) is 2.38. The van der Waals surface area contributed by atoms with Crippen LogP contribution in [0.15, 0.2) is 18.2 Å². The zero-order valence-electron chi connectivity index (χ0n) is 10.3. The molecular weight excluding hydrogens is 216 g/mol. The summed E-state index contributed by atoms with van der Waals surface area (Å²) in [6.07, 6.45) is 0. The van der Waals surface area contributed by atoms with E-state index in [2.05, 4.69) is 24.1 Å². The molecule has 0 aromatic heterocycles. The predicted molar refractivity (Wildman–Crippen MR) is 67.2 cm³/mol. The number of benzene rings is 1. The van der Waals surface area contributed by atoms with Gasteiger partial charge in [0.25, 0.3) is 0 Å². The minimum Gasteiger partial charge on any atom is -0.508 e. The van der Waals surface area contributed by atoms with Gasteiger partial charge in [0.1, 0.15) is 11.5 Å². The van der Waals surface area contributed by atoms with Gasteiger partial charge in [-0.3, -0.25) is 4.90 Å². The monoisotopic (exact) mass is 236 g/mol. The van der Waals surface area contributed by atoms with E-state index in [-0.39, 0.29) is 17.5 Å². The van der Waals surface area contributed by atoms with Crippen LogP contribution in [-0.4, -0.2) is 40.8 Å². The largest absolute Gasteiger partial charge is 0.508 e. The van der Waals surface area contributed by atoms with Crippen LogP contribution >= 0.6 is 0 Å². The fourth-order valence-corrected chi connectivity index (χ4v) is 2.38. The lowest BCUT2D eigenvalue weighted by molar-refractivity contribution is 0.158. The third kappa shape index (κ3) is 2.90. The van der Waals surface area contributed by atoms with Crippen molar-refractivity contribution in [2.24, 2.45) is 0 Å². The molecule has 4 heteroatoms. The van der Waals surface area contributed by atoms with Crippen LogP contribution in [0.5, 0.6) is 11.5 Å². The van der Waals surface area contributed by atoms with Crippen molar-refractivity contribution in [2.75, 3.05) is 19.6 Å². The fraction of sp³-hybridized carbons (Fsp3) is 0.538. The number of phenols is 2. The quantitative estimate of drug-likeness (QED) is 0.727. The first-order valence-corrected chi connectivity index (χ1v) is 6.06. The van der Waals surface area contributed by atoms with Gasteiger partial charge in [0, 0.05) is 37.8 Å². The van der Waals surface area contributed by atoms with Crippen LogP contribution < -0.4 is 5.32 Å². The minimum absolute atomic E-state index is 0.120.